The Morgan fingerprint density at radius 3 is 2.55 bits per heavy atom. The number of H-pyrrole nitrogens is 1. The molecule has 3 N–H and O–H groups in total. The highest BCUT2D eigenvalue weighted by Crippen LogP contribution is 2.26. The molecule has 1 aromatic rings. The van der Waals surface area contributed by atoms with Crippen molar-refractivity contribution in [2.75, 3.05) is 13.7 Å². The highest BCUT2D eigenvalue weighted by molar-refractivity contribution is 7.36. The number of hydrogen-bond donors (Lipinski definition) is 3. The second kappa shape index (κ2) is 10.7. The molecular formula is C16H26FN3O8P+. The number of methoxy groups -OCH3 is 1. The maximum Gasteiger partial charge on any atom is 0.613 e. The van der Waals surface area contributed by atoms with Crippen molar-refractivity contribution in [2.24, 2.45) is 0 Å². The van der Waals surface area contributed by atoms with Crippen LogP contribution in [0, 0.1) is 0 Å². The van der Waals surface area contributed by atoms with Crippen LogP contribution in [0.15, 0.2) is 21.9 Å². The first-order valence-corrected chi connectivity index (χ1v) is 9.87. The van der Waals surface area contributed by atoms with Crippen LogP contribution in [0.2, 0.25) is 0 Å². The molecule has 11 nitrogen and oxygen atoms in total. The maximum absolute atomic E-state index is 15.1. The van der Waals surface area contributed by atoms with E-state index in [4.69, 9.17) is 14.0 Å². The van der Waals surface area contributed by atoms with Gasteiger partial charge in [0.2, 0.25) is 5.79 Å². The lowest BCUT2D eigenvalue weighted by Crippen LogP contribution is -2.52. The molecule has 0 bridgehead atoms. The maximum atomic E-state index is 15.1. The molecule has 1 rings (SSSR count). The zero-order valence-electron chi connectivity index (χ0n) is 16.7. The first kappa shape index (κ1) is 25.1. The summed E-state index contributed by atoms with van der Waals surface area (Å²) in [6.07, 6.45) is -2.72. The monoisotopic (exact) mass is 438 g/mol. The lowest BCUT2D eigenvalue weighted by atomic mass is 10.0. The summed E-state index contributed by atoms with van der Waals surface area (Å²) in [7, 11) is -1.41. The number of alkyl halides is 1. The number of carbonyl (C=O) groups excluding carboxylic acids is 1. The Labute approximate surface area is 167 Å². The first-order valence-electron chi connectivity index (χ1n) is 8.69. The second-order valence-electron chi connectivity index (χ2n) is 6.61. The molecule has 0 saturated heterocycles. The lowest BCUT2D eigenvalue weighted by molar-refractivity contribution is -0.149. The van der Waals surface area contributed by atoms with E-state index in [1.165, 1.54) is 6.92 Å². The Bertz CT molecular complexity index is 825. The fraction of sp³-hybridized carbons (Fsp3) is 0.688. The molecule has 0 aromatic carbocycles. The highest BCUT2D eigenvalue weighted by atomic mass is 31.1. The average Bonchev–Trinajstić information content (AvgIpc) is 2.60. The third-order valence-corrected chi connectivity index (χ3v) is 4.83. The number of halogens is 1. The summed E-state index contributed by atoms with van der Waals surface area (Å²) in [5.41, 5.74) is -1.79. The topological polar surface area (TPSA) is 149 Å². The van der Waals surface area contributed by atoms with Crippen LogP contribution in [-0.2, 0) is 29.1 Å². The van der Waals surface area contributed by atoms with Crippen LogP contribution in [0.5, 0.6) is 0 Å². The molecule has 0 saturated carbocycles. The number of aliphatic hydroxyl groups is 1. The number of nitrogens with zero attached hydrogens (tertiary/aromatic N) is 1. The number of nitrogens with one attached hydrogen (secondary N) is 2. The van der Waals surface area contributed by atoms with Crippen molar-refractivity contribution in [1.82, 2.24) is 14.6 Å². The van der Waals surface area contributed by atoms with Crippen LogP contribution in [0.25, 0.3) is 0 Å². The third kappa shape index (κ3) is 7.09. The molecule has 13 heteroatoms. The van der Waals surface area contributed by atoms with E-state index in [1.54, 1.807) is 13.8 Å². The second-order valence-corrected chi connectivity index (χ2v) is 7.64. The van der Waals surface area contributed by atoms with Gasteiger partial charge in [0.15, 0.2) is 0 Å². The molecule has 2 unspecified atom stereocenters. The van der Waals surface area contributed by atoms with E-state index in [9.17, 15) is 24.1 Å². The van der Waals surface area contributed by atoms with Crippen molar-refractivity contribution in [1.29, 1.82) is 0 Å². The van der Waals surface area contributed by atoms with Gasteiger partial charge in [0.1, 0.15) is 24.9 Å². The van der Waals surface area contributed by atoms with Crippen LogP contribution in [0.3, 0.4) is 0 Å². The van der Waals surface area contributed by atoms with E-state index >= 15 is 4.39 Å². The fourth-order valence-corrected chi connectivity index (χ4v) is 3.03. The molecule has 29 heavy (non-hydrogen) atoms. The molecule has 0 fully saturated rings. The molecule has 1 aromatic heterocycles. The first-order chi connectivity index (χ1) is 13.4. The van der Waals surface area contributed by atoms with Crippen LogP contribution < -0.4 is 16.3 Å². The number of aromatic amines is 1. The van der Waals surface area contributed by atoms with E-state index < -0.39 is 56.0 Å². The summed E-state index contributed by atoms with van der Waals surface area (Å²) in [6.45, 7) is 5.13. The van der Waals surface area contributed by atoms with E-state index in [-0.39, 0.29) is 6.10 Å². The standard InChI is InChI=1S/C16H25FN3O8P/c1-9(2)28-14(23)10(3)19-29(25)27-8-11(26-5)13(22)16(4,17)20-7-6-12(21)18-15(20)24/h6-7,9-11,13,22H,8H2,1-5H3,(H-,18,19,21,24,25)/p+1/t10-,11?,13+,16-/m0/s1. The van der Waals surface area contributed by atoms with Gasteiger partial charge in [0.05, 0.1) is 6.10 Å². The lowest BCUT2D eigenvalue weighted by Gasteiger charge is -2.31. The minimum absolute atomic E-state index is 0.350. The van der Waals surface area contributed by atoms with Gasteiger partial charge in [-0.2, -0.15) is 0 Å². The molecule has 0 spiro atoms. The zero-order chi connectivity index (χ0) is 22.4. The molecule has 0 amide bonds. The van der Waals surface area contributed by atoms with Crippen molar-refractivity contribution in [3.63, 3.8) is 0 Å². The van der Waals surface area contributed by atoms with E-state index in [0.717, 1.165) is 26.3 Å². The van der Waals surface area contributed by atoms with E-state index in [0.29, 0.717) is 4.57 Å². The SMILES string of the molecule is COC(CO[P+](=O)N[C@@H](C)C(=O)OC(C)C)[C@@H](O)[C@@](C)(F)n1ccc(=O)[nH]c1=O. The Morgan fingerprint density at radius 2 is 2.03 bits per heavy atom. The number of ether oxygens (including phenoxy) is 2. The Morgan fingerprint density at radius 1 is 1.41 bits per heavy atom. The summed E-state index contributed by atoms with van der Waals surface area (Å²) >= 11 is 0. The molecule has 164 valence electrons. The quantitative estimate of drug-likeness (QED) is 0.324. The summed E-state index contributed by atoms with van der Waals surface area (Å²) < 4.78 is 42.5. The molecule has 5 atom stereocenters. The number of rotatable bonds is 11. The van der Waals surface area contributed by atoms with Crippen LogP contribution in [0.4, 0.5) is 4.39 Å². The highest BCUT2D eigenvalue weighted by Gasteiger charge is 2.43. The van der Waals surface area contributed by atoms with Gasteiger partial charge in [0.25, 0.3) is 5.56 Å². The summed E-state index contributed by atoms with van der Waals surface area (Å²) in [5.74, 6) is -3.32. The van der Waals surface area contributed by atoms with Gasteiger partial charge >= 0.3 is 19.8 Å². The minimum atomic E-state index is -2.68. The van der Waals surface area contributed by atoms with Gasteiger partial charge in [-0.25, -0.2) is 9.18 Å². The number of aromatic nitrogens is 2. The Balaban J connectivity index is 2.76. The summed E-state index contributed by atoms with van der Waals surface area (Å²) in [6, 6.07) is -0.0130. The van der Waals surface area contributed by atoms with Gasteiger partial charge in [0, 0.05) is 19.4 Å². The van der Waals surface area contributed by atoms with Crippen molar-refractivity contribution >= 4 is 14.1 Å². The number of aliphatic hydroxyl groups excluding tert-OH is 1. The van der Waals surface area contributed by atoms with Crippen LogP contribution in [-0.4, -0.2) is 58.7 Å². The van der Waals surface area contributed by atoms with Gasteiger partial charge in [-0.05, 0) is 32.3 Å². The molecule has 0 aliphatic rings. The zero-order valence-corrected chi connectivity index (χ0v) is 17.6. The van der Waals surface area contributed by atoms with Crippen molar-refractivity contribution in [2.45, 2.75) is 57.8 Å². The number of hydrogen-bond acceptors (Lipinski definition) is 8. The fourth-order valence-electron chi connectivity index (χ4n) is 2.25. The smallest absolute Gasteiger partial charge is 0.462 e. The summed E-state index contributed by atoms with van der Waals surface area (Å²) in [5, 5.41) is 12.7. The van der Waals surface area contributed by atoms with Crippen molar-refractivity contribution < 1.29 is 32.9 Å². The Hall–Kier alpha value is -1.98. The normalized spacial score (nSPS) is 17.3. The predicted molar refractivity (Wildman–Crippen MR) is 100 cm³/mol. The van der Waals surface area contributed by atoms with Gasteiger partial charge in [-0.1, -0.05) is 5.09 Å². The average molecular weight is 438 g/mol. The van der Waals surface area contributed by atoms with Crippen LogP contribution in [0.1, 0.15) is 27.7 Å². The van der Waals surface area contributed by atoms with Gasteiger partial charge in [-0.15, -0.1) is 4.52 Å². The molecule has 0 aliphatic heterocycles. The molecule has 0 radical (unpaired) electrons. The minimum Gasteiger partial charge on any atom is -0.462 e. The van der Waals surface area contributed by atoms with Gasteiger partial charge < -0.3 is 14.6 Å². The van der Waals surface area contributed by atoms with Crippen molar-refractivity contribution in [3.05, 3.63) is 33.1 Å². The summed E-state index contributed by atoms with van der Waals surface area (Å²) in [4.78, 5) is 36.5. The van der Waals surface area contributed by atoms with Crippen LogP contribution >= 0.6 is 8.18 Å². The Kier molecular flexibility index (Phi) is 9.24. The number of esters is 1. The predicted octanol–water partition coefficient (Wildman–Crippen LogP) is 0.158. The third-order valence-electron chi connectivity index (χ3n) is 3.85. The molecular weight excluding hydrogens is 412 g/mol. The number of carbonyl (C=O) groups is 1. The van der Waals surface area contributed by atoms with E-state index in [2.05, 4.69) is 5.09 Å². The molecule has 1 heterocycles. The largest absolute Gasteiger partial charge is 0.613 e. The van der Waals surface area contributed by atoms with E-state index in [1.807, 2.05) is 4.98 Å². The van der Waals surface area contributed by atoms with Gasteiger partial charge in [-0.3, -0.25) is 19.1 Å². The molecule has 0 aliphatic carbocycles. The van der Waals surface area contributed by atoms with Crippen molar-refractivity contribution in [3.8, 4) is 0 Å².